The molecule has 1 fully saturated rings. The fraction of sp³-hybridized carbons (Fsp3) is 0.269. The number of likely N-dealkylation sites (tertiary alicyclic amines) is 1. The molecule has 2 aromatic heterocycles. The number of fused-ring (bicyclic) bond motifs is 1. The normalized spacial score (nSPS) is 19.6. The largest absolute Gasteiger partial charge is 0.529 e. The molecule has 1 saturated heterocycles. The third kappa shape index (κ3) is 4.12. The average Bonchev–Trinajstić information content (AvgIpc) is 3.54. The van der Waals surface area contributed by atoms with E-state index in [0.29, 0.717) is 24.1 Å². The van der Waals surface area contributed by atoms with Crippen molar-refractivity contribution in [2.24, 2.45) is 0 Å². The third-order valence-electron chi connectivity index (χ3n) is 7.04. The summed E-state index contributed by atoms with van der Waals surface area (Å²) in [7, 11) is -4.40. The van der Waals surface area contributed by atoms with Gasteiger partial charge in [0.05, 0.1) is 10.7 Å². The van der Waals surface area contributed by atoms with Crippen LogP contribution in [0.1, 0.15) is 31.0 Å². The van der Waals surface area contributed by atoms with Crippen molar-refractivity contribution in [3.8, 4) is 11.4 Å². The Morgan fingerprint density at radius 2 is 2.03 bits per heavy atom. The van der Waals surface area contributed by atoms with E-state index in [0.717, 1.165) is 16.8 Å². The number of hydrogen-bond donors (Lipinski definition) is 1. The molecule has 0 radical (unpaired) electrons. The number of rotatable bonds is 6. The molecule has 1 amide bonds. The Hall–Kier alpha value is -3.18. The van der Waals surface area contributed by atoms with E-state index < -0.39 is 26.0 Å². The van der Waals surface area contributed by atoms with Gasteiger partial charge >= 0.3 is 16.1 Å². The maximum Gasteiger partial charge on any atom is 0.529 e. The summed E-state index contributed by atoms with van der Waals surface area (Å²) in [4.78, 5) is 16.6. The van der Waals surface area contributed by atoms with Crippen molar-refractivity contribution < 1.29 is 26.9 Å². The Bertz CT molecular complexity index is 1660. The quantitative estimate of drug-likeness (QED) is 0.281. The van der Waals surface area contributed by atoms with Gasteiger partial charge < -0.3 is 9.84 Å². The molecule has 2 aromatic carbocycles. The van der Waals surface area contributed by atoms with E-state index in [2.05, 4.69) is 10.1 Å². The van der Waals surface area contributed by atoms with Gasteiger partial charge in [-0.2, -0.15) is 18.3 Å². The van der Waals surface area contributed by atoms with Crippen LogP contribution >= 0.6 is 23.2 Å². The summed E-state index contributed by atoms with van der Waals surface area (Å²) in [5.41, 5.74) is 2.41. The van der Waals surface area contributed by atoms with Crippen LogP contribution in [0.4, 0.5) is 4.79 Å². The molecule has 1 unspecified atom stereocenters. The monoisotopic (exact) mass is 575 g/mol. The lowest BCUT2D eigenvalue weighted by atomic mass is 10.1. The average molecular weight is 576 g/mol. The Balaban J connectivity index is 1.54. The van der Waals surface area contributed by atoms with Crippen LogP contribution < -0.4 is 4.74 Å². The summed E-state index contributed by atoms with van der Waals surface area (Å²) in [6.07, 6.45) is 3.04. The van der Waals surface area contributed by atoms with E-state index in [4.69, 9.17) is 27.9 Å². The SMILES string of the molecule is Cc1cc(-n2cccn2)c2cccc(OCc3c(Cl)ccc(S(=O)(=O)[N+]4(C(=O)O)CCC[C@H]4C)c3Cl)c2n1. The van der Waals surface area contributed by atoms with Gasteiger partial charge in [0.25, 0.3) is 0 Å². The second-order valence-electron chi connectivity index (χ2n) is 9.28. The smallest absolute Gasteiger partial charge is 0.487 e. The number of hydrogen-bond acceptors (Lipinski definition) is 6. The predicted molar refractivity (Wildman–Crippen MR) is 143 cm³/mol. The molecule has 4 aromatic rings. The van der Waals surface area contributed by atoms with Gasteiger partial charge in [-0.25, -0.2) is 9.67 Å². The van der Waals surface area contributed by atoms with Gasteiger partial charge in [0.1, 0.15) is 35.4 Å². The molecule has 0 aliphatic carbocycles. The molecule has 198 valence electrons. The molecule has 1 aliphatic heterocycles. The van der Waals surface area contributed by atoms with Gasteiger partial charge in [0.15, 0.2) is 0 Å². The van der Waals surface area contributed by atoms with Crippen molar-refractivity contribution in [2.75, 3.05) is 6.54 Å². The maximum absolute atomic E-state index is 13.7. The van der Waals surface area contributed by atoms with E-state index in [1.54, 1.807) is 23.9 Å². The van der Waals surface area contributed by atoms with Crippen LogP contribution in [-0.2, 0) is 16.6 Å². The molecule has 12 heteroatoms. The van der Waals surface area contributed by atoms with Crippen LogP contribution in [0.15, 0.2) is 59.8 Å². The lowest BCUT2D eigenvalue weighted by Gasteiger charge is -2.31. The number of nitrogens with zero attached hydrogens (tertiary/aromatic N) is 4. The van der Waals surface area contributed by atoms with E-state index in [1.807, 2.05) is 37.4 Å². The first-order chi connectivity index (χ1) is 18.1. The molecule has 1 N–H and O–H groups in total. The summed E-state index contributed by atoms with van der Waals surface area (Å²) in [5.74, 6) is 0.446. The minimum Gasteiger partial charge on any atom is -0.487 e. The number of aromatic nitrogens is 3. The first-order valence-electron chi connectivity index (χ1n) is 11.9. The number of carbonyl (C=O) groups is 1. The number of halogens is 2. The molecular formula is C26H25Cl2N4O5S+. The lowest BCUT2D eigenvalue weighted by Crippen LogP contribution is -2.58. The third-order valence-corrected chi connectivity index (χ3v) is 10.4. The van der Waals surface area contributed by atoms with Gasteiger partial charge in [-0.1, -0.05) is 35.3 Å². The van der Waals surface area contributed by atoms with Gasteiger partial charge in [-0.15, -0.1) is 3.89 Å². The van der Waals surface area contributed by atoms with Crippen LogP contribution in [0, 0.1) is 6.92 Å². The lowest BCUT2D eigenvalue weighted by molar-refractivity contribution is -0.741. The minimum atomic E-state index is -4.40. The summed E-state index contributed by atoms with van der Waals surface area (Å²) in [6.45, 7) is 3.30. The summed E-state index contributed by atoms with van der Waals surface area (Å²) in [6, 6.07) is 11.3. The Morgan fingerprint density at radius 1 is 1.24 bits per heavy atom. The molecule has 0 spiro atoms. The molecule has 9 nitrogen and oxygen atoms in total. The first-order valence-corrected chi connectivity index (χ1v) is 14.1. The number of quaternary nitrogens is 1. The second kappa shape index (κ2) is 9.85. The highest BCUT2D eigenvalue weighted by molar-refractivity contribution is 7.86. The number of carboxylic acid groups (broad SMARTS) is 1. The van der Waals surface area contributed by atoms with Crippen molar-refractivity contribution in [3.63, 3.8) is 0 Å². The topological polar surface area (TPSA) is 111 Å². The fourth-order valence-corrected chi connectivity index (χ4v) is 7.94. The molecule has 2 atom stereocenters. The summed E-state index contributed by atoms with van der Waals surface area (Å²) < 4.78 is 34.2. The van der Waals surface area contributed by atoms with Crippen LogP contribution in [0.5, 0.6) is 5.75 Å². The van der Waals surface area contributed by atoms with Gasteiger partial charge in [-0.3, -0.25) is 0 Å². The summed E-state index contributed by atoms with van der Waals surface area (Å²) in [5, 5.41) is 15.2. The zero-order chi connectivity index (χ0) is 27.2. The van der Waals surface area contributed by atoms with Crippen molar-refractivity contribution in [2.45, 2.75) is 44.2 Å². The van der Waals surface area contributed by atoms with E-state index >= 15 is 0 Å². The number of aryl methyl sites for hydroxylation is 1. The number of benzene rings is 2. The molecule has 1 aliphatic rings. The van der Waals surface area contributed by atoms with Crippen LogP contribution in [-0.4, -0.2) is 50.9 Å². The number of amides is 1. The molecule has 0 bridgehead atoms. The van der Waals surface area contributed by atoms with Crippen molar-refractivity contribution in [1.82, 2.24) is 14.8 Å². The summed E-state index contributed by atoms with van der Waals surface area (Å²) >= 11 is 13.1. The van der Waals surface area contributed by atoms with E-state index in [9.17, 15) is 18.3 Å². The first kappa shape index (κ1) is 26.4. The van der Waals surface area contributed by atoms with Crippen molar-refractivity contribution in [1.29, 1.82) is 0 Å². The van der Waals surface area contributed by atoms with Crippen LogP contribution in [0.3, 0.4) is 0 Å². The molecule has 0 saturated carbocycles. The van der Waals surface area contributed by atoms with Crippen molar-refractivity contribution in [3.05, 3.63) is 76.2 Å². The molecular weight excluding hydrogens is 551 g/mol. The van der Waals surface area contributed by atoms with Gasteiger partial charge in [0.2, 0.25) is 0 Å². The van der Waals surface area contributed by atoms with Crippen LogP contribution in [0.25, 0.3) is 16.6 Å². The second-order valence-corrected chi connectivity index (χ2v) is 12.1. The Labute approximate surface area is 229 Å². The zero-order valence-electron chi connectivity index (χ0n) is 20.6. The fourth-order valence-electron chi connectivity index (χ4n) is 5.07. The van der Waals surface area contributed by atoms with Gasteiger partial charge in [0, 0.05) is 46.9 Å². The number of ether oxygens (including phenoxy) is 1. The van der Waals surface area contributed by atoms with E-state index in [1.165, 1.54) is 12.1 Å². The highest BCUT2D eigenvalue weighted by Crippen LogP contribution is 2.41. The highest BCUT2D eigenvalue weighted by Gasteiger charge is 2.58. The standard InChI is InChI=1S/C26H24Cl2N4O5S/c1-16-14-21(31-12-5-11-29-31)18-7-3-8-22(25(18)30-16)37-15-19-20(27)9-10-23(24(19)28)38(35,36)32(26(33)34)13-4-6-17(32)2/h3,5,7-12,14,17H,4,6,13,15H2,1-2H3/p+1/t17-,32?/m1/s1. The Kier molecular flexibility index (Phi) is 6.85. The zero-order valence-corrected chi connectivity index (χ0v) is 23.0. The Morgan fingerprint density at radius 3 is 2.68 bits per heavy atom. The van der Waals surface area contributed by atoms with Gasteiger partial charge in [-0.05, 0) is 44.2 Å². The number of pyridine rings is 1. The highest BCUT2D eigenvalue weighted by atomic mass is 35.5. The predicted octanol–water partition coefficient (Wildman–Crippen LogP) is 5.98. The van der Waals surface area contributed by atoms with E-state index in [-0.39, 0.29) is 33.7 Å². The molecule has 5 rings (SSSR count). The number of sulfonamides is 1. The molecule has 3 heterocycles. The minimum absolute atomic E-state index is 0.0385. The maximum atomic E-state index is 13.7. The molecule has 38 heavy (non-hydrogen) atoms. The number of para-hydroxylation sites is 1. The van der Waals surface area contributed by atoms with Crippen LogP contribution in [0.2, 0.25) is 10.0 Å². The van der Waals surface area contributed by atoms with Crippen molar-refractivity contribution >= 4 is 50.2 Å².